The predicted molar refractivity (Wildman–Crippen MR) is 81.9 cm³/mol. The van der Waals surface area contributed by atoms with Crippen molar-refractivity contribution in [3.63, 3.8) is 0 Å². The zero-order chi connectivity index (χ0) is 16.3. The first-order valence-electron chi connectivity index (χ1n) is 5.75. The number of hydrazone groups is 1. The van der Waals surface area contributed by atoms with Crippen molar-refractivity contribution in [1.82, 2.24) is 4.98 Å². The van der Waals surface area contributed by atoms with Gasteiger partial charge in [-0.2, -0.15) is 18.3 Å². The van der Waals surface area contributed by atoms with Crippen LogP contribution in [0.3, 0.4) is 0 Å². The Labute approximate surface area is 138 Å². The van der Waals surface area contributed by atoms with Gasteiger partial charge in [-0.3, -0.25) is 5.43 Å². The SMILES string of the molecule is FC(F)(F)c1cnc(NN=Cc2cccc(Cl)c2Cl)c(Cl)c1. The molecule has 0 radical (unpaired) electrons. The van der Waals surface area contributed by atoms with Gasteiger partial charge >= 0.3 is 6.18 Å². The molecule has 0 fully saturated rings. The molecule has 0 bridgehead atoms. The molecular weight excluding hydrogens is 362 g/mol. The first kappa shape index (κ1) is 16.9. The lowest BCUT2D eigenvalue weighted by Crippen LogP contribution is -2.06. The lowest BCUT2D eigenvalue weighted by Gasteiger charge is -2.08. The summed E-state index contributed by atoms with van der Waals surface area (Å²) in [6, 6.07) is 5.72. The number of hydrogen-bond donors (Lipinski definition) is 1. The molecule has 0 amide bonds. The number of aromatic nitrogens is 1. The molecule has 0 aliphatic heterocycles. The number of hydrogen-bond acceptors (Lipinski definition) is 3. The van der Waals surface area contributed by atoms with E-state index in [-0.39, 0.29) is 10.8 Å². The second kappa shape index (κ2) is 6.73. The zero-order valence-corrected chi connectivity index (χ0v) is 12.9. The Bertz CT molecular complexity index is 717. The molecule has 2 rings (SSSR count). The van der Waals surface area contributed by atoms with Gasteiger partial charge in [-0.25, -0.2) is 4.98 Å². The van der Waals surface area contributed by atoms with Crippen molar-refractivity contribution in [3.05, 3.63) is 56.7 Å². The number of nitrogens with zero attached hydrogens (tertiary/aromatic N) is 2. The highest BCUT2D eigenvalue weighted by Crippen LogP contribution is 2.32. The van der Waals surface area contributed by atoms with Gasteiger partial charge in [0.15, 0.2) is 5.82 Å². The van der Waals surface area contributed by atoms with Crippen LogP contribution in [0.1, 0.15) is 11.1 Å². The monoisotopic (exact) mass is 367 g/mol. The van der Waals surface area contributed by atoms with Crippen LogP contribution in [0.2, 0.25) is 15.1 Å². The molecule has 1 N–H and O–H groups in total. The molecule has 1 heterocycles. The summed E-state index contributed by atoms with van der Waals surface area (Å²) in [5, 5.41) is 4.28. The summed E-state index contributed by atoms with van der Waals surface area (Å²) >= 11 is 17.5. The van der Waals surface area contributed by atoms with Crippen LogP contribution >= 0.6 is 34.8 Å². The van der Waals surface area contributed by atoms with Crippen LogP contribution in [0.15, 0.2) is 35.6 Å². The minimum atomic E-state index is -4.51. The third-order valence-electron chi connectivity index (χ3n) is 2.52. The van der Waals surface area contributed by atoms with Gasteiger partial charge in [0, 0.05) is 11.8 Å². The molecule has 3 nitrogen and oxygen atoms in total. The summed E-state index contributed by atoms with van der Waals surface area (Å²) in [6.45, 7) is 0. The third-order valence-corrected chi connectivity index (χ3v) is 3.65. The number of rotatable bonds is 3. The van der Waals surface area contributed by atoms with Crippen molar-refractivity contribution < 1.29 is 13.2 Å². The second-order valence-corrected chi connectivity index (χ2v) is 5.26. The molecule has 2 aromatic rings. The first-order chi connectivity index (χ1) is 10.3. The lowest BCUT2D eigenvalue weighted by atomic mass is 10.2. The van der Waals surface area contributed by atoms with Gasteiger partial charge in [0.25, 0.3) is 0 Å². The van der Waals surface area contributed by atoms with Crippen LogP contribution in [-0.2, 0) is 6.18 Å². The zero-order valence-electron chi connectivity index (χ0n) is 10.6. The minimum absolute atomic E-state index is 0.0101. The highest BCUT2D eigenvalue weighted by molar-refractivity contribution is 6.43. The summed E-state index contributed by atoms with van der Waals surface area (Å²) in [7, 11) is 0. The maximum absolute atomic E-state index is 12.5. The van der Waals surface area contributed by atoms with Crippen LogP contribution in [-0.4, -0.2) is 11.2 Å². The Hall–Kier alpha value is -1.50. The molecule has 0 spiro atoms. The summed E-state index contributed by atoms with van der Waals surface area (Å²) in [4.78, 5) is 3.58. The Kier molecular flexibility index (Phi) is 5.16. The summed E-state index contributed by atoms with van der Waals surface area (Å²) in [5.41, 5.74) is 2.04. The topological polar surface area (TPSA) is 37.3 Å². The molecule has 116 valence electrons. The van der Waals surface area contributed by atoms with Crippen molar-refractivity contribution in [3.8, 4) is 0 Å². The number of halogens is 6. The van der Waals surface area contributed by atoms with E-state index in [1.807, 2.05) is 0 Å². The molecule has 0 aliphatic carbocycles. The van der Waals surface area contributed by atoms with Gasteiger partial charge in [0.1, 0.15) is 0 Å². The Morgan fingerprint density at radius 1 is 1.14 bits per heavy atom. The molecule has 0 aliphatic rings. The Balaban J connectivity index is 2.15. The highest BCUT2D eigenvalue weighted by atomic mass is 35.5. The van der Waals surface area contributed by atoms with Crippen molar-refractivity contribution in [1.29, 1.82) is 0 Å². The second-order valence-electron chi connectivity index (χ2n) is 4.07. The fourth-order valence-corrected chi connectivity index (χ4v) is 2.02. The number of pyridine rings is 1. The van der Waals surface area contributed by atoms with Gasteiger partial charge < -0.3 is 0 Å². The molecule has 0 saturated carbocycles. The molecule has 22 heavy (non-hydrogen) atoms. The van der Waals surface area contributed by atoms with Gasteiger partial charge in [-0.1, -0.05) is 46.9 Å². The van der Waals surface area contributed by atoms with E-state index >= 15 is 0 Å². The summed E-state index contributed by atoms with van der Waals surface area (Å²) in [6.07, 6.45) is -2.49. The molecule has 9 heteroatoms. The molecular formula is C13H7Cl3F3N3. The van der Waals surface area contributed by atoms with E-state index in [1.54, 1.807) is 18.2 Å². The van der Waals surface area contributed by atoms with Crippen molar-refractivity contribution in [2.45, 2.75) is 6.18 Å². The molecule has 0 unspecified atom stereocenters. The number of benzene rings is 1. The van der Waals surface area contributed by atoms with Crippen LogP contribution in [0.4, 0.5) is 19.0 Å². The normalized spacial score (nSPS) is 11.9. The standard InChI is InChI=1S/C13H7Cl3F3N3/c14-9-3-1-2-7(11(9)16)5-21-22-12-10(15)4-8(6-20-12)13(17,18)19/h1-6H,(H,20,22). The van der Waals surface area contributed by atoms with Crippen LogP contribution in [0.25, 0.3) is 0 Å². The fraction of sp³-hybridized carbons (Fsp3) is 0.0769. The van der Waals surface area contributed by atoms with E-state index in [0.717, 1.165) is 6.07 Å². The maximum atomic E-state index is 12.5. The highest BCUT2D eigenvalue weighted by Gasteiger charge is 2.31. The number of anilines is 1. The van der Waals surface area contributed by atoms with Gasteiger partial charge in [-0.15, -0.1) is 0 Å². The Morgan fingerprint density at radius 2 is 1.86 bits per heavy atom. The first-order valence-corrected chi connectivity index (χ1v) is 6.88. The average molecular weight is 369 g/mol. The molecule has 1 aromatic carbocycles. The van der Waals surface area contributed by atoms with E-state index in [2.05, 4.69) is 15.5 Å². The maximum Gasteiger partial charge on any atom is 0.417 e. The van der Waals surface area contributed by atoms with E-state index in [1.165, 1.54) is 6.21 Å². The van der Waals surface area contributed by atoms with E-state index in [9.17, 15) is 13.2 Å². The van der Waals surface area contributed by atoms with Crippen LogP contribution in [0, 0.1) is 0 Å². The van der Waals surface area contributed by atoms with Gasteiger partial charge in [-0.05, 0) is 12.1 Å². The van der Waals surface area contributed by atoms with Crippen molar-refractivity contribution >= 4 is 46.8 Å². The van der Waals surface area contributed by atoms with Crippen molar-refractivity contribution in [2.75, 3.05) is 5.43 Å². The quantitative estimate of drug-likeness (QED) is 0.573. The van der Waals surface area contributed by atoms with Gasteiger partial charge in [0.05, 0.1) is 26.8 Å². The third kappa shape index (κ3) is 4.03. The Morgan fingerprint density at radius 3 is 2.50 bits per heavy atom. The van der Waals surface area contributed by atoms with E-state index in [4.69, 9.17) is 34.8 Å². The summed E-state index contributed by atoms with van der Waals surface area (Å²) in [5.74, 6) is -0.0101. The summed E-state index contributed by atoms with van der Waals surface area (Å²) < 4.78 is 37.4. The fourth-order valence-electron chi connectivity index (χ4n) is 1.46. The smallest absolute Gasteiger partial charge is 0.260 e. The number of nitrogens with one attached hydrogen (secondary N) is 1. The number of alkyl halides is 3. The minimum Gasteiger partial charge on any atom is -0.260 e. The van der Waals surface area contributed by atoms with Crippen LogP contribution in [0.5, 0.6) is 0 Å². The van der Waals surface area contributed by atoms with Crippen LogP contribution < -0.4 is 5.43 Å². The lowest BCUT2D eigenvalue weighted by molar-refractivity contribution is -0.137. The van der Waals surface area contributed by atoms with E-state index in [0.29, 0.717) is 21.8 Å². The largest absolute Gasteiger partial charge is 0.417 e. The van der Waals surface area contributed by atoms with E-state index < -0.39 is 11.7 Å². The van der Waals surface area contributed by atoms with Gasteiger partial charge in [0.2, 0.25) is 0 Å². The molecule has 0 atom stereocenters. The average Bonchev–Trinajstić information content (AvgIpc) is 2.44. The predicted octanol–water partition coefficient (Wildman–Crippen LogP) is 5.51. The van der Waals surface area contributed by atoms with Crippen molar-refractivity contribution in [2.24, 2.45) is 5.10 Å². The molecule has 1 aromatic heterocycles. The molecule has 0 saturated heterocycles.